The summed E-state index contributed by atoms with van der Waals surface area (Å²) in [7, 11) is -3.96. The van der Waals surface area contributed by atoms with Crippen molar-refractivity contribution < 1.29 is 23.1 Å². The number of allylic oxidation sites excluding steroid dienone is 1. The van der Waals surface area contributed by atoms with Gasteiger partial charge in [-0.25, -0.2) is 8.42 Å². The van der Waals surface area contributed by atoms with E-state index in [9.17, 15) is 18.0 Å². The van der Waals surface area contributed by atoms with Crippen LogP contribution in [-0.2, 0) is 21.4 Å². The van der Waals surface area contributed by atoms with Crippen LogP contribution in [0, 0.1) is 6.92 Å². The monoisotopic (exact) mass is 452 g/mol. The molecule has 0 unspecified atom stereocenters. The van der Waals surface area contributed by atoms with E-state index in [0.717, 1.165) is 5.56 Å². The number of carbonyl (C=O) groups excluding carboxylic acids is 1. The van der Waals surface area contributed by atoms with Crippen LogP contribution >= 0.6 is 0 Å². The number of carbonyl (C=O) groups is 2. The molecule has 0 bridgehead atoms. The molecule has 3 aromatic rings. The van der Waals surface area contributed by atoms with Gasteiger partial charge in [-0.15, -0.1) is 0 Å². The Bertz CT molecular complexity index is 1260. The summed E-state index contributed by atoms with van der Waals surface area (Å²) in [5.41, 5.74) is 2.88. The molecule has 1 aromatic heterocycles. The summed E-state index contributed by atoms with van der Waals surface area (Å²) < 4.78 is 28.7. The van der Waals surface area contributed by atoms with E-state index in [-0.39, 0.29) is 10.7 Å². The number of aliphatic carboxylic acids is 1. The van der Waals surface area contributed by atoms with Gasteiger partial charge in [0.25, 0.3) is 0 Å². The van der Waals surface area contributed by atoms with E-state index in [1.165, 1.54) is 19.1 Å². The standard InChI is InChI=1S/C24H24N2O5S/c1-17-10-12-20(13-11-17)23(27)22-9-5-15-26(22)14-4-7-19-6-3-8-21(16-19)32(30,31)25-18(2)24(28)29/h3-13,15-16,18,25H,14H2,1-2H3,(H,28,29)/b7-4+/t18-/m0/s1. The summed E-state index contributed by atoms with van der Waals surface area (Å²) in [6, 6.07) is 15.9. The van der Waals surface area contributed by atoms with Crippen molar-refractivity contribution in [2.75, 3.05) is 0 Å². The van der Waals surface area contributed by atoms with E-state index < -0.39 is 22.0 Å². The zero-order valence-electron chi connectivity index (χ0n) is 17.7. The van der Waals surface area contributed by atoms with Crippen LogP contribution in [0.2, 0.25) is 0 Å². The number of aromatic nitrogens is 1. The highest BCUT2D eigenvalue weighted by atomic mass is 32.2. The maximum absolute atomic E-state index is 12.8. The fourth-order valence-electron chi connectivity index (χ4n) is 3.07. The number of carboxylic acid groups (broad SMARTS) is 1. The second-order valence-corrected chi connectivity index (χ2v) is 9.11. The van der Waals surface area contributed by atoms with Gasteiger partial charge in [-0.1, -0.05) is 54.1 Å². The molecule has 0 aliphatic rings. The third-order valence-corrected chi connectivity index (χ3v) is 6.40. The molecular formula is C24H24N2O5S. The predicted octanol–water partition coefficient (Wildman–Crippen LogP) is 3.49. The molecule has 0 amide bonds. The molecule has 1 heterocycles. The molecule has 0 radical (unpaired) electrons. The molecule has 2 N–H and O–H groups in total. The first-order valence-electron chi connectivity index (χ1n) is 9.95. The zero-order valence-corrected chi connectivity index (χ0v) is 18.5. The number of carboxylic acids is 1. The molecule has 0 fully saturated rings. The van der Waals surface area contributed by atoms with E-state index in [4.69, 9.17) is 5.11 Å². The number of nitrogens with one attached hydrogen (secondary N) is 1. The van der Waals surface area contributed by atoms with E-state index in [1.807, 2.05) is 35.9 Å². The summed E-state index contributed by atoms with van der Waals surface area (Å²) in [6.07, 6.45) is 5.38. The van der Waals surface area contributed by atoms with Crippen molar-refractivity contribution in [3.05, 3.63) is 95.3 Å². The Kier molecular flexibility index (Phi) is 7.07. The first-order chi connectivity index (χ1) is 15.2. The number of sulfonamides is 1. The van der Waals surface area contributed by atoms with E-state index >= 15 is 0 Å². The van der Waals surface area contributed by atoms with Crippen molar-refractivity contribution in [2.24, 2.45) is 0 Å². The molecule has 0 aliphatic carbocycles. The summed E-state index contributed by atoms with van der Waals surface area (Å²) in [4.78, 5) is 23.7. The van der Waals surface area contributed by atoms with Crippen molar-refractivity contribution in [1.29, 1.82) is 0 Å². The number of rotatable bonds is 9. The number of nitrogens with zero attached hydrogens (tertiary/aromatic N) is 1. The van der Waals surface area contributed by atoms with Crippen molar-refractivity contribution in [3.63, 3.8) is 0 Å². The number of benzene rings is 2. The fraction of sp³-hybridized carbons (Fsp3) is 0.167. The van der Waals surface area contributed by atoms with Crippen LogP contribution in [0.5, 0.6) is 0 Å². The summed E-state index contributed by atoms with van der Waals surface area (Å²) in [6.45, 7) is 3.65. The van der Waals surface area contributed by atoms with Gasteiger partial charge >= 0.3 is 5.97 Å². The maximum Gasteiger partial charge on any atom is 0.321 e. The van der Waals surface area contributed by atoms with Crippen LogP contribution in [-0.4, -0.2) is 35.9 Å². The van der Waals surface area contributed by atoms with Gasteiger partial charge in [-0.05, 0) is 43.7 Å². The average Bonchev–Trinajstić information content (AvgIpc) is 3.22. The topological polar surface area (TPSA) is 105 Å². The van der Waals surface area contributed by atoms with Gasteiger partial charge in [-0.3, -0.25) is 9.59 Å². The second-order valence-electron chi connectivity index (χ2n) is 7.40. The molecule has 3 rings (SSSR count). The number of ketones is 1. The third-order valence-electron chi connectivity index (χ3n) is 4.86. The lowest BCUT2D eigenvalue weighted by atomic mass is 10.1. The van der Waals surface area contributed by atoms with Crippen LogP contribution < -0.4 is 4.72 Å². The predicted molar refractivity (Wildman–Crippen MR) is 122 cm³/mol. The molecule has 0 aliphatic heterocycles. The fourth-order valence-corrected chi connectivity index (χ4v) is 4.32. The highest BCUT2D eigenvalue weighted by molar-refractivity contribution is 7.89. The average molecular weight is 453 g/mol. The number of hydrogen-bond acceptors (Lipinski definition) is 4. The Labute approximate surface area is 187 Å². The number of hydrogen-bond donors (Lipinski definition) is 2. The second kappa shape index (κ2) is 9.76. The minimum atomic E-state index is -3.96. The lowest BCUT2D eigenvalue weighted by Gasteiger charge is -2.10. The maximum atomic E-state index is 12.8. The van der Waals surface area contributed by atoms with Gasteiger partial charge in [0, 0.05) is 18.3 Å². The molecule has 0 saturated carbocycles. The highest BCUT2D eigenvalue weighted by Gasteiger charge is 2.21. The van der Waals surface area contributed by atoms with E-state index in [1.54, 1.807) is 42.5 Å². The third kappa shape index (κ3) is 5.60. The normalized spacial score (nSPS) is 12.7. The Balaban J connectivity index is 1.73. The smallest absolute Gasteiger partial charge is 0.321 e. The molecular weight excluding hydrogens is 428 g/mol. The van der Waals surface area contributed by atoms with Crippen molar-refractivity contribution in [3.8, 4) is 0 Å². The SMILES string of the molecule is Cc1ccc(C(=O)c2cccn2C/C=C/c2cccc(S(=O)(=O)N[C@@H](C)C(=O)O)c2)cc1. The van der Waals surface area contributed by atoms with Crippen LogP contribution in [0.4, 0.5) is 0 Å². The molecule has 0 spiro atoms. The lowest BCUT2D eigenvalue weighted by molar-refractivity contribution is -0.138. The van der Waals surface area contributed by atoms with Gasteiger partial charge in [-0.2, -0.15) is 4.72 Å². The molecule has 166 valence electrons. The van der Waals surface area contributed by atoms with Gasteiger partial charge in [0.1, 0.15) is 6.04 Å². The van der Waals surface area contributed by atoms with E-state index in [2.05, 4.69) is 4.72 Å². The molecule has 8 heteroatoms. The Morgan fingerprint density at radius 3 is 2.50 bits per heavy atom. The molecule has 2 aromatic carbocycles. The van der Waals surface area contributed by atoms with Gasteiger partial charge in [0.05, 0.1) is 10.6 Å². The minimum Gasteiger partial charge on any atom is -0.480 e. The van der Waals surface area contributed by atoms with Crippen LogP contribution in [0.15, 0.2) is 77.8 Å². The van der Waals surface area contributed by atoms with Crippen molar-refractivity contribution in [1.82, 2.24) is 9.29 Å². The molecule has 0 saturated heterocycles. The summed E-state index contributed by atoms with van der Waals surface area (Å²) in [5, 5.41) is 8.94. The zero-order chi connectivity index (χ0) is 23.3. The van der Waals surface area contributed by atoms with Gasteiger partial charge in [0.15, 0.2) is 0 Å². The van der Waals surface area contributed by atoms with Gasteiger partial charge < -0.3 is 9.67 Å². The first kappa shape index (κ1) is 23.2. The summed E-state index contributed by atoms with van der Waals surface area (Å²) >= 11 is 0. The van der Waals surface area contributed by atoms with Crippen molar-refractivity contribution >= 4 is 27.9 Å². The van der Waals surface area contributed by atoms with Crippen LogP contribution in [0.25, 0.3) is 6.08 Å². The number of aryl methyl sites for hydroxylation is 1. The van der Waals surface area contributed by atoms with Crippen molar-refractivity contribution in [2.45, 2.75) is 31.3 Å². The van der Waals surface area contributed by atoms with Gasteiger partial charge in [0.2, 0.25) is 15.8 Å². The van der Waals surface area contributed by atoms with E-state index in [0.29, 0.717) is 23.4 Å². The molecule has 32 heavy (non-hydrogen) atoms. The largest absolute Gasteiger partial charge is 0.480 e. The minimum absolute atomic E-state index is 0.0241. The van der Waals surface area contributed by atoms with Crippen LogP contribution in [0.3, 0.4) is 0 Å². The Morgan fingerprint density at radius 2 is 1.81 bits per heavy atom. The molecule has 7 nitrogen and oxygen atoms in total. The van der Waals surface area contributed by atoms with Crippen LogP contribution in [0.1, 0.15) is 34.1 Å². The first-order valence-corrected chi connectivity index (χ1v) is 11.4. The summed E-state index contributed by atoms with van der Waals surface area (Å²) in [5.74, 6) is -1.33. The Morgan fingerprint density at radius 1 is 1.09 bits per heavy atom. The quantitative estimate of drug-likeness (QED) is 0.484. The lowest BCUT2D eigenvalue weighted by Crippen LogP contribution is -2.38. The molecule has 1 atom stereocenters. The highest BCUT2D eigenvalue weighted by Crippen LogP contribution is 2.15. The Hall–Kier alpha value is -3.49.